The first kappa shape index (κ1) is 25.2. The smallest absolute Gasteiger partial charge is 0.258 e. The van der Waals surface area contributed by atoms with E-state index in [1.54, 1.807) is 38.3 Å². The third-order valence-corrected chi connectivity index (χ3v) is 8.52. The summed E-state index contributed by atoms with van der Waals surface area (Å²) >= 11 is 7.46. The lowest BCUT2D eigenvalue weighted by Gasteiger charge is -2.14. The number of rotatable bonds is 6. The molecule has 0 unspecified atom stereocenters. The second kappa shape index (κ2) is 9.98. The van der Waals surface area contributed by atoms with E-state index in [0.717, 1.165) is 42.2 Å². The van der Waals surface area contributed by atoms with Gasteiger partial charge in [0, 0.05) is 16.1 Å². The van der Waals surface area contributed by atoms with Gasteiger partial charge in [-0.15, -0.1) is 11.3 Å². The molecular weight excluding hydrogens is 510 g/mol. The lowest BCUT2D eigenvalue weighted by molar-refractivity contribution is 0.102. The topological polar surface area (TPSA) is 128 Å². The van der Waals surface area contributed by atoms with Gasteiger partial charge in [-0.3, -0.25) is 9.59 Å². The predicted molar refractivity (Wildman–Crippen MR) is 137 cm³/mol. The summed E-state index contributed by atoms with van der Waals surface area (Å²) in [5.74, 6) is -0.227. The summed E-state index contributed by atoms with van der Waals surface area (Å²) in [6, 6.07) is 9.58. The number of nitrogens with one attached hydrogen (secondary N) is 2. The summed E-state index contributed by atoms with van der Waals surface area (Å²) in [6.45, 7) is 1.59. The van der Waals surface area contributed by atoms with Crippen LogP contribution in [-0.2, 0) is 22.9 Å². The molecule has 0 bridgehead atoms. The maximum Gasteiger partial charge on any atom is 0.258 e. The third kappa shape index (κ3) is 5.35. The predicted octanol–water partition coefficient (Wildman–Crippen LogP) is 4.75. The highest BCUT2D eigenvalue weighted by atomic mass is 35.5. The quantitative estimate of drug-likeness (QED) is 0.421. The van der Waals surface area contributed by atoms with E-state index in [4.69, 9.17) is 21.5 Å². The molecule has 2 amide bonds. The number of carbonyl (C=O) groups is 2. The van der Waals surface area contributed by atoms with Crippen LogP contribution >= 0.6 is 22.9 Å². The van der Waals surface area contributed by atoms with Gasteiger partial charge in [0.1, 0.15) is 15.6 Å². The Morgan fingerprint density at radius 3 is 2.40 bits per heavy atom. The molecule has 1 aliphatic carbocycles. The number of hydrogen-bond acceptors (Lipinski definition) is 6. The van der Waals surface area contributed by atoms with Crippen molar-refractivity contribution in [3.05, 3.63) is 68.6 Å². The molecule has 1 heterocycles. The van der Waals surface area contributed by atoms with Crippen molar-refractivity contribution < 1.29 is 22.7 Å². The van der Waals surface area contributed by atoms with E-state index < -0.39 is 15.9 Å². The average Bonchev–Trinajstić information content (AvgIpc) is 3.18. The summed E-state index contributed by atoms with van der Waals surface area (Å²) in [5.41, 5.74) is 2.41. The number of amides is 2. The number of hydrogen-bond donors (Lipinski definition) is 3. The van der Waals surface area contributed by atoms with Gasteiger partial charge in [-0.05, 0) is 80.1 Å². The van der Waals surface area contributed by atoms with E-state index in [1.165, 1.54) is 17.4 Å². The Kier molecular flexibility index (Phi) is 7.18. The van der Waals surface area contributed by atoms with E-state index in [9.17, 15) is 18.0 Å². The molecule has 35 heavy (non-hydrogen) atoms. The maximum atomic E-state index is 13.3. The number of fused-ring (bicyclic) bond motifs is 1. The van der Waals surface area contributed by atoms with Crippen LogP contribution in [0.3, 0.4) is 0 Å². The Morgan fingerprint density at radius 2 is 1.74 bits per heavy atom. The highest BCUT2D eigenvalue weighted by Gasteiger charge is 2.27. The summed E-state index contributed by atoms with van der Waals surface area (Å²) < 4.78 is 29.0. The van der Waals surface area contributed by atoms with Crippen LogP contribution in [0.4, 0.5) is 10.7 Å². The van der Waals surface area contributed by atoms with Crippen LogP contribution in [-0.4, -0.2) is 27.3 Å². The van der Waals surface area contributed by atoms with Crippen molar-refractivity contribution in [2.45, 2.75) is 37.5 Å². The van der Waals surface area contributed by atoms with Gasteiger partial charge in [-0.1, -0.05) is 11.6 Å². The largest absolute Gasteiger partial charge is 0.497 e. The van der Waals surface area contributed by atoms with Crippen molar-refractivity contribution in [1.29, 1.82) is 0 Å². The minimum Gasteiger partial charge on any atom is -0.497 e. The molecule has 184 valence electrons. The van der Waals surface area contributed by atoms with E-state index in [0.29, 0.717) is 27.6 Å². The number of thiophene rings is 1. The van der Waals surface area contributed by atoms with Crippen LogP contribution in [0, 0.1) is 6.92 Å². The fourth-order valence-corrected chi connectivity index (χ4v) is 6.43. The first-order valence-corrected chi connectivity index (χ1v) is 13.6. The van der Waals surface area contributed by atoms with Crippen molar-refractivity contribution in [2.75, 3.05) is 17.7 Å². The Hall–Kier alpha value is -2.92. The highest BCUT2D eigenvalue weighted by molar-refractivity contribution is 7.89. The van der Waals surface area contributed by atoms with Crippen LogP contribution in [0.1, 0.15) is 49.6 Å². The van der Waals surface area contributed by atoms with Crippen LogP contribution < -0.4 is 20.5 Å². The number of anilines is 2. The van der Waals surface area contributed by atoms with E-state index in [1.807, 2.05) is 0 Å². The molecule has 11 heteroatoms. The fraction of sp³-hybridized carbons (Fsp3) is 0.250. The number of aryl methyl sites for hydroxylation is 2. The molecule has 0 spiro atoms. The van der Waals surface area contributed by atoms with Crippen molar-refractivity contribution >= 4 is 55.5 Å². The molecule has 1 aliphatic rings. The molecule has 0 radical (unpaired) electrons. The van der Waals surface area contributed by atoms with Crippen LogP contribution in [0.2, 0.25) is 5.02 Å². The first-order chi connectivity index (χ1) is 16.6. The molecule has 2 aromatic carbocycles. The average molecular weight is 534 g/mol. The van der Waals surface area contributed by atoms with Crippen molar-refractivity contribution in [3.63, 3.8) is 0 Å². The molecule has 8 nitrogen and oxygen atoms in total. The number of halogens is 1. The molecule has 0 saturated heterocycles. The maximum absolute atomic E-state index is 13.3. The lowest BCUT2D eigenvalue weighted by Crippen LogP contribution is -2.19. The SMILES string of the molecule is COc1ccc(NC(=O)c2c(NC(=O)c3cc(C)c(Cl)c(S(N)(=O)=O)c3)sc3c2CCCC3)cc1. The van der Waals surface area contributed by atoms with Gasteiger partial charge >= 0.3 is 0 Å². The zero-order valence-electron chi connectivity index (χ0n) is 19.1. The van der Waals surface area contributed by atoms with Crippen molar-refractivity contribution in [1.82, 2.24) is 0 Å². The van der Waals surface area contributed by atoms with Gasteiger partial charge in [0.15, 0.2) is 0 Å². The highest BCUT2D eigenvalue weighted by Crippen LogP contribution is 2.39. The number of methoxy groups -OCH3 is 1. The zero-order valence-corrected chi connectivity index (χ0v) is 21.5. The minimum absolute atomic E-state index is 0.0322. The fourth-order valence-electron chi connectivity index (χ4n) is 4.01. The van der Waals surface area contributed by atoms with Crippen molar-refractivity contribution in [3.8, 4) is 5.75 Å². The number of nitrogens with two attached hydrogens (primary N) is 1. The van der Waals surface area contributed by atoms with E-state index >= 15 is 0 Å². The molecule has 4 rings (SSSR count). The number of ether oxygens (including phenoxy) is 1. The van der Waals surface area contributed by atoms with E-state index in [-0.39, 0.29) is 21.4 Å². The molecule has 0 aliphatic heterocycles. The molecule has 0 fully saturated rings. The van der Waals surface area contributed by atoms with Crippen LogP contribution in [0.5, 0.6) is 5.75 Å². The Morgan fingerprint density at radius 1 is 1.06 bits per heavy atom. The minimum atomic E-state index is -4.13. The van der Waals surface area contributed by atoms with Gasteiger partial charge in [0.05, 0.1) is 17.7 Å². The zero-order chi connectivity index (χ0) is 25.3. The monoisotopic (exact) mass is 533 g/mol. The van der Waals surface area contributed by atoms with Gasteiger partial charge in [-0.2, -0.15) is 0 Å². The molecule has 0 atom stereocenters. The Balaban J connectivity index is 1.68. The summed E-state index contributed by atoms with van der Waals surface area (Å²) in [6.07, 6.45) is 3.53. The van der Waals surface area contributed by atoms with Crippen molar-refractivity contribution in [2.24, 2.45) is 5.14 Å². The third-order valence-electron chi connectivity index (χ3n) is 5.76. The Bertz CT molecular complexity index is 1420. The first-order valence-electron chi connectivity index (χ1n) is 10.8. The molecule has 1 aromatic heterocycles. The van der Waals surface area contributed by atoms with Gasteiger partial charge in [0.25, 0.3) is 11.8 Å². The van der Waals surface area contributed by atoms with Gasteiger partial charge < -0.3 is 15.4 Å². The summed E-state index contributed by atoms with van der Waals surface area (Å²) in [5, 5.41) is 11.4. The molecule has 3 aromatic rings. The lowest BCUT2D eigenvalue weighted by atomic mass is 9.95. The normalized spacial score (nSPS) is 13.1. The standard InChI is InChI=1S/C24H24ClN3O5S2/c1-13-11-14(12-19(21(13)25)35(26,31)32)22(29)28-24-20(17-5-3-4-6-18(17)34-24)23(30)27-15-7-9-16(33-2)10-8-15/h7-12H,3-6H2,1-2H3,(H,27,30)(H,28,29)(H2,26,31,32). The molecular formula is C24H24ClN3O5S2. The molecule has 0 saturated carbocycles. The van der Waals surface area contributed by atoms with Gasteiger partial charge in [-0.25, -0.2) is 13.6 Å². The second-order valence-corrected chi connectivity index (χ2v) is 11.2. The number of primary sulfonamides is 1. The number of benzene rings is 2. The second-order valence-electron chi connectivity index (χ2n) is 8.20. The van der Waals surface area contributed by atoms with E-state index in [2.05, 4.69) is 10.6 Å². The number of sulfonamides is 1. The Labute approximate surface area is 212 Å². The summed E-state index contributed by atoms with van der Waals surface area (Å²) in [7, 11) is -2.57. The number of carbonyl (C=O) groups excluding carboxylic acids is 2. The molecule has 4 N–H and O–H groups in total. The van der Waals surface area contributed by atoms with Crippen LogP contribution in [0.15, 0.2) is 41.3 Å². The summed E-state index contributed by atoms with van der Waals surface area (Å²) in [4.78, 5) is 27.2. The van der Waals surface area contributed by atoms with Gasteiger partial charge in [0.2, 0.25) is 10.0 Å². The van der Waals surface area contributed by atoms with Crippen LogP contribution in [0.25, 0.3) is 0 Å².